The van der Waals surface area contributed by atoms with Crippen LogP contribution in [0, 0.1) is 0 Å². The Balaban J connectivity index is 1.63. The summed E-state index contributed by atoms with van der Waals surface area (Å²) in [5.41, 5.74) is 2.27. The molecule has 35 heavy (non-hydrogen) atoms. The number of amides is 1. The molecule has 1 aromatic heterocycles. The maximum atomic E-state index is 13.7. The second kappa shape index (κ2) is 9.58. The Hall–Kier alpha value is -3.58. The first-order valence-corrected chi connectivity index (χ1v) is 12.2. The quantitative estimate of drug-likeness (QED) is 0.287. The Kier molecular flexibility index (Phi) is 6.34. The SMILES string of the molecule is CCCOc1ccc(C2c3c(oc4ccc(Br)cc4c3=O)C(=O)N2Cc2ccc(OC)cc2)cc1. The molecule has 1 aliphatic heterocycles. The molecule has 0 saturated heterocycles. The van der Waals surface area contributed by atoms with E-state index in [0.717, 1.165) is 33.5 Å². The summed E-state index contributed by atoms with van der Waals surface area (Å²) in [5.74, 6) is 1.26. The molecule has 0 aliphatic carbocycles. The van der Waals surface area contributed by atoms with Gasteiger partial charge in [-0.25, -0.2) is 0 Å². The number of nitrogens with zero attached hydrogens (tertiary/aromatic N) is 1. The first-order valence-electron chi connectivity index (χ1n) is 11.4. The zero-order valence-corrected chi connectivity index (χ0v) is 21.0. The second-order valence-corrected chi connectivity index (χ2v) is 9.33. The normalized spacial score (nSPS) is 14.9. The summed E-state index contributed by atoms with van der Waals surface area (Å²) in [6, 6.07) is 19.7. The number of methoxy groups -OCH3 is 1. The van der Waals surface area contributed by atoms with E-state index in [-0.39, 0.29) is 17.1 Å². The van der Waals surface area contributed by atoms with E-state index in [2.05, 4.69) is 22.9 Å². The van der Waals surface area contributed by atoms with Crippen LogP contribution in [0.15, 0.2) is 80.4 Å². The molecular formula is C28H24BrNO5. The van der Waals surface area contributed by atoms with Gasteiger partial charge in [0.25, 0.3) is 5.91 Å². The van der Waals surface area contributed by atoms with Crippen molar-refractivity contribution in [1.29, 1.82) is 0 Å². The van der Waals surface area contributed by atoms with Crippen LogP contribution < -0.4 is 14.9 Å². The van der Waals surface area contributed by atoms with Gasteiger partial charge in [-0.05, 0) is 60.0 Å². The summed E-state index contributed by atoms with van der Waals surface area (Å²) >= 11 is 3.43. The smallest absolute Gasteiger partial charge is 0.291 e. The average Bonchev–Trinajstić information content (AvgIpc) is 3.15. The van der Waals surface area contributed by atoms with Crippen molar-refractivity contribution in [2.45, 2.75) is 25.9 Å². The molecule has 0 fully saturated rings. The zero-order chi connectivity index (χ0) is 24.5. The van der Waals surface area contributed by atoms with Gasteiger partial charge >= 0.3 is 0 Å². The molecule has 1 unspecified atom stereocenters. The first kappa shape index (κ1) is 23.2. The van der Waals surface area contributed by atoms with Crippen LogP contribution in [0.5, 0.6) is 11.5 Å². The number of carbonyl (C=O) groups excluding carboxylic acids is 1. The highest BCUT2D eigenvalue weighted by atomic mass is 79.9. The number of rotatable bonds is 7. The van der Waals surface area contributed by atoms with Gasteiger partial charge in [0.05, 0.1) is 30.7 Å². The highest BCUT2D eigenvalue weighted by molar-refractivity contribution is 9.10. The Morgan fingerprint density at radius 2 is 1.69 bits per heavy atom. The highest BCUT2D eigenvalue weighted by Gasteiger charge is 2.42. The van der Waals surface area contributed by atoms with Gasteiger partial charge in [-0.2, -0.15) is 0 Å². The van der Waals surface area contributed by atoms with Crippen molar-refractivity contribution in [2.75, 3.05) is 13.7 Å². The number of carbonyl (C=O) groups is 1. The molecule has 0 N–H and O–H groups in total. The van der Waals surface area contributed by atoms with E-state index in [1.54, 1.807) is 30.2 Å². The Bertz CT molecular complexity index is 1440. The maximum absolute atomic E-state index is 13.7. The van der Waals surface area contributed by atoms with Crippen molar-refractivity contribution >= 4 is 32.8 Å². The van der Waals surface area contributed by atoms with Gasteiger partial charge in [0, 0.05) is 11.0 Å². The molecule has 1 aliphatic rings. The second-order valence-electron chi connectivity index (χ2n) is 8.42. The van der Waals surface area contributed by atoms with Crippen LogP contribution in [0.4, 0.5) is 0 Å². The van der Waals surface area contributed by atoms with Crippen LogP contribution in [0.2, 0.25) is 0 Å². The minimum Gasteiger partial charge on any atom is -0.497 e. The van der Waals surface area contributed by atoms with Crippen molar-refractivity contribution in [2.24, 2.45) is 0 Å². The van der Waals surface area contributed by atoms with E-state index in [0.29, 0.717) is 29.7 Å². The van der Waals surface area contributed by atoms with Crippen LogP contribution in [-0.4, -0.2) is 24.5 Å². The van der Waals surface area contributed by atoms with Crippen molar-refractivity contribution in [1.82, 2.24) is 4.90 Å². The summed E-state index contributed by atoms with van der Waals surface area (Å²) in [6.45, 7) is 2.98. The lowest BCUT2D eigenvalue weighted by Gasteiger charge is -2.25. The van der Waals surface area contributed by atoms with Gasteiger partial charge < -0.3 is 18.8 Å². The molecule has 1 atom stereocenters. The fourth-order valence-electron chi connectivity index (χ4n) is 4.40. The van der Waals surface area contributed by atoms with Crippen LogP contribution in [0.25, 0.3) is 11.0 Å². The van der Waals surface area contributed by atoms with Gasteiger partial charge in [0.15, 0.2) is 5.43 Å². The van der Waals surface area contributed by atoms with Gasteiger partial charge in [-0.3, -0.25) is 9.59 Å². The summed E-state index contributed by atoms with van der Waals surface area (Å²) < 4.78 is 17.8. The molecule has 0 saturated carbocycles. The van der Waals surface area contributed by atoms with Crippen LogP contribution in [-0.2, 0) is 6.54 Å². The summed E-state index contributed by atoms with van der Waals surface area (Å²) in [4.78, 5) is 29.0. The molecule has 178 valence electrons. The van der Waals surface area contributed by atoms with E-state index in [9.17, 15) is 9.59 Å². The third-order valence-corrected chi connectivity index (χ3v) is 6.60. The van der Waals surface area contributed by atoms with E-state index >= 15 is 0 Å². The largest absolute Gasteiger partial charge is 0.497 e. The number of benzene rings is 3. The zero-order valence-electron chi connectivity index (χ0n) is 19.4. The van der Waals surface area contributed by atoms with Crippen molar-refractivity contribution in [3.63, 3.8) is 0 Å². The standard InChI is InChI=1S/C28H24BrNO5/c1-3-14-34-21-11-6-18(7-12-21)25-24-26(31)22-15-19(29)8-13-23(22)35-27(24)28(32)30(25)16-17-4-9-20(33-2)10-5-17/h4-13,15,25H,3,14,16H2,1-2H3. The van der Waals surface area contributed by atoms with Crippen molar-refractivity contribution in [3.05, 3.63) is 104 Å². The number of hydrogen-bond acceptors (Lipinski definition) is 5. The van der Waals surface area contributed by atoms with Crippen molar-refractivity contribution in [3.8, 4) is 11.5 Å². The average molecular weight is 534 g/mol. The third-order valence-electron chi connectivity index (χ3n) is 6.11. The minimum atomic E-state index is -0.584. The molecule has 1 amide bonds. The predicted octanol–water partition coefficient (Wildman–Crippen LogP) is 6.10. The van der Waals surface area contributed by atoms with Crippen LogP contribution in [0.1, 0.15) is 46.6 Å². The monoisotopic (exact) mass is 533 g/mol. The molecule has 4 aromatic rings. The van der Waals surface area contributed by atoms with E-state index in [4.69, 9.17) is 13.9 Å². The summed E-state index contributed by atoms with van der Waals surface area (Å²) in [5, 5.41) is 0.435. The lowest BCUT2D eigenvalue weighted by Crippen LogP contribution is -2.29. The molecular weight excluding hydrogens is 510 g/mol. The topological polar surface area (TPSA) is 69.0 Å². The fraction of sp³-hybridized carbons (Fsp3) is 0.214. The lowest BCUT2D eigenvalue weighted by molar-refractivity contribution is 0.0714. The third kappa shape index (κ3) is 4.32. The van der Waals surface area contributed by atoms with Crippen molar-refractivity contribution < 1.29 is 18.7 Å². The highest BCUT2D eigenvalue weighted by Crippen LogP contribution is 2.40. The molecule has 2 heterocycles. The predicted molar refractivity (Wildman–Crippen MR) is 137 cm³/mol. The minimum absolute atomic E-state index is 0.0923. The van der Waals surface area contributed by atoms with Crippen LogP contribution in [0.3, 0.4) is 0 Å². The van der Waals surface area contributed by atoms with E-state index in [1.807, 2.05) is 48.5 Å². The first-order chi connectivity index (χ1) is 17.0. The molecule has 7 heteroatoms. The van der Waals surface area contributed by atoms with E-state index < -0.39 is 6.04 Å². The maximum Gasteiger partial charge on any atom is 0.291 e. The summed E-state index contributed by atoms with van der Waals surface area (Å²) in [6.07, 6.45) is 0.908. The van der Waals surface area contributed by atoms with E-state index in [1.165, 1.54) is 0 Å². The number of ether oxygens (including phenoxy) is 2. The Labute approximate surface area is 211 Å². The molecule has 0 spiro atoms. The molecule has 0 radical (unpaired) electrons. The number of hydrogen-bond donors (Lipinski definition) is 0. The lowest BCUT2D eigenvalue weighted by atomic mass is 9.98. The Morgan fingerprint density at radius 1 is 0.971 bits per heavy atom. The van der Waals surface area contributed by atoms with Crippen LogP contribution >= 0.6 is 15.9 Å². The fourth-order valence-corrected chi connectivity index (χ4v) is 4.76. The Morgan fingerprint density at radius 3 is 2.37 bits per heavy atom. The molecule has 3 aromatic carbocycles. The summed E-state index contributed by atoms with van der Waals surface area (Å²) in [7, 11) is 1.61. The van der Waals surface area contributed by atoms with Gasteiger partial charge in [0.2, 0.25) is 5.76 Å². The molecule has 5 rings (SSSR count). The van der Waals surface area contributed by atoms with Gasteiger partial charge in [-0.15, -0.1) is 0 Å². The number of halogens is 1. The van der Waals surface area contributed by atoms with Gasteiger partial charge in [-0.1, -0.05) is 47.1 Å². The number of fused-ring (bicyclic) bond motifs is 2. The molecule has 6 nitrogen and oxygen atoms in total. The molecule has 0 bridgehead atoms. The van der Waals surface area contributed by atoms with Gasteiger partial charge in [0.1, 0.15) is 17.1 Å².